The lowest BCUT2D eigenvalue weighted by Crippen LogP contribution is -2.49. The quantitative estimate of drug-likeness (QED) is 0.244. The normalized spacial score (nSPS) is 16.3. The highest BCUT2D eigenvalue weighted by atomic mass is 79.9. The van der Waals surface area contributed by atoms with E-state index in [1.165, 1.54) is 18.2 Å². The molecular formula is C18H18BrFN7O2-. The first kappa shape index (κ1) is 20.9. The number of rotatable bonds is 7. The van der Waals surface area contributed by atoms with Gasteiger partial charge in [0.1, 0.15) is 12.0 Å². The lowest BCUT2D eigenvalue weighted by molar-refractivity contribution is 0.0540. The minimum Gasteiger partial charge on any atom is -0.482 e. The van der Waals surface area contributed by atoms with Gasteiger partial charge in [0.15, 0.2) is 11.5 Å². The van der Waals surface area contributed by atoms with Crippen LogP contribution in [0.5, 0.6) is 0 Å². The van der Waals surface area contributed by atoms with Crippen LogP contribution in [-0.4, -0.2) is 35.3 Å². The molecule has 1 atom stereocenters. The molecule has 0 bridgehead atoms. The molecule has 0 aliphatic carbocycles. The Bertz CT molecular complexity index is 950. The molecule has 1 aliphatic rings. The maximum atomic E-state index is 13.4. The number of nitrogens with zero attached hydrogens (tertiary/aromatic N) is 2. The van der Waals surface area contributed by atoms with E-state index >= 15 is 0 Å². The topological polar surface area (TPSA) is 138 Å². The van der Waals surface area contributed by atoms with Gasteiger partial charge in [-0.1, -0.05) is 35.3 Å². The molecule has 1 heterocycles. The first-order chi connectivity index (χ1) is 14.0. The average Bonchev–Trinajstić information content (AvgIpc) is 3.17. The van der Waals surface area contributed by atoms with Crippen molar-refractivity contribution in [3.05, 3.63) is 69.6 Å². The summed E-state index contributed by atoms with van der Waals surface area (Å²) in [5.74, 6) is -0.596. The molecule has 9 nitrogen and oxygen atoms in total. The Kier molecular flexibility index (Phi) is 6.88. The van der Waals surface area contributed by atoms with Crippen molar-refractivity contribution >= 4 is 39.0 Å². The van der Waals surface area contributed by atoms with Gasteiger partial charge in [-0.25, -0.2) is 9.38 Å². The van der Waals surface area contributed by atoms with E-state index in [-0.39, 0.29) is 16.1 Å². The molecule has 0 saturated carbocycles. The van der Waals surface area contributed by atoms with Gasteiger partial charge in [0.05, 0.1) is 10.2 Å². The SMILES string of the molecule is N=C([NH-])c1ccc(CCNC2NON=C2C(=Nc2ccc(F)c(Br)c2)NO)cc1. The zero-order valence-corrected chi connectivity index (χ0v) is 16.6. The summed E-state index contributed by atoms with van der Waals surface area (Å²) in [5.41, 5.74) is 14.3. The predicted octanol–water partition coefficient (Wildman–Crippen LogP) is 3.02. The zero-order valence-electron chi connectivity index (χ0n) is 15.0. The fourth-order valence-electron chi connectivity index (χ4n) is 2.58. The molecule has 0 saturated heterocycles. The number of aliphatic imine (C=N–C) groups is 1. The molecular weight excluding hydrogens is 445 g/mol. The van der Waals surface area contributed by atoms with Crippen LogP contribution >= 0.6 is 15.9 Å². The van der Waals surface area contributed by atoms with Crippen molar-refractivity contribution in [2.75, 3.05) is 6.54 Å². The van der Waals surface area contributed by atoms with Crippen molar-refractivity contribution in [2.24, 2.45) is 10.1 Å². The van der Waals surface area contributed by atoms with Gasteiger partial charge in [0.2, 0.25) is 0 Å². The van der Waals surface area contributed by atoms with Crippen LogP contribution in [0.1, 0.15) is 11.1 Å². The lowest BCUT2D eigenvalue weighted by Gasteiger charge is -2.14. The summed E-state index contributed by atoms with van der Waals surface area (Å²) in [7, 11) is 0. The summed E-state index contributed by atoms with van der Waals surface area (Å²) in [6.07, 6.45) is 0.152. The van der Waals surface area contributed by atoms with Gasteiger partial charge in [-0.05, 0) is 51.7 Å². The van der Waals surface area contributed by atoms with Gasteiger partial charge in [0, 0.05) is 6.54 Å². The van der Waals surface area contributed by atoms with E-state index in [4.69, 9.17) is 16.1 Å². The third kappa shape index (κ3) is 5.35. The largest absolute Gasteiger partial charge is 0.482 e. The Labute approximate surface area is 174 Å². The molecule has 3 rings (SSSR count). The van der Waals surface area contributed by atoms with Gasteiger partial charge in [0.25, 0.3) is 0 Å². The zero-order chi connectivity index (χ0) is 20.8. The smallest absolute Gasteiger partial charge is 0.178 e. The Balaban J connectivity index is 1.62. The van der Waals surface area contributed by atoms with Crippen LogP contribution in [0.3, 0.4) is 0 Å². The van der Waals surface area contributed by atoms with E-state index in [1.807, 2.05) is 17.6 Å². The Morgan fingerprint density at radius 1 is 1.34 bits per heavy atom. The molecule has 29 heavy (non-hydrogen) atoms. The number of oxime groups is 1. The number of benzene rings is 2. The van der Waals surface area contributed by atoms with Crippen molar-refractivity contribution in [1.82, 2.24) is 16.3 Å². The van der Waals surface area contributed by atoms with Crippen LogP contribution in [-0.2, 0) is 11.4 Å². The molecule has 1 unspecified atom stereocenters. The van der Waals surface area contributed by atoms with Gasteiger partial charge >= 0.3 is 0 Å². The monoisotopic (exact) mass is 462 g/mol. The van der Waals surface area contributed by atoms with E-state index in [0.29, 0.717) is 29.9 Å². The number of nitrogens with one attached hydrogen (secondary N) is 5. The van der Waals surface area contributed by atoms with Crippen molar-refractivity contribution in [3.8, 4) is 0 Å². The second kappa shape index (κ2) is 9.56. The second-order valence-electron chi connectivity index (χ2n) is 6.07. The average molecular weight is 463 g/mol. The minimum absolute atomic E-state index is 0.0457. The summed E-state index contributed by atoms with van der Waals surface area (Å²) in [4.78, 5) is 9.14. The number of halogens is 2. The maximum Gasteiger partial charge on any atom is 0.178 e. The molecule has 2 aromatic rings. The van der Waals surface area contributed by atoms with Crippen LogP contribution in [0.25, 0.3) is 5.73 Å². The highest BCUT2D eigenvalue weighted by Gasteiger charge is 2.27. The fourth-order valence-corrected chi connectivity index (χ4v) is 2.94. The summed E-state index contributed by atoms with van der Waals surface area (Å²) < 4.78 is 13.6. The Hall–Kier alpha value is -2.86. The first-order valence-electron chi connectivity index (χ1n) is 8.54. The maximum absolute atomic E-state index is 13.4. The third-order valence-corrected chi connectivity index (χ3v) is 4.69. The van der Waals surface area contributed by atoms with Crippen LogP contribution in [0.2, 0.25) is 0 Å². The molecule has 11 heteroatoms. The fraction of sp³-hybridized carbons (Fsp3) is 0.167. The van der Waals surface area contributed by atoms with Crippen molar-refractivity contribution in [3.63, 3.8) is 0 Å². The van der Waals surface area contributed by atoms with E-state index in [1.54, 1.807) is 12.1 Å². The highest BCUT2D eigenvalue weighted by molar-refractivity contribution is 9.10. The predicted molar refractivity (Wildman–Crippen MR) is 111 cm³/mol. The number of hydrogen-bond acceptors (Lipinski definition) is 7. The standard InChI is InChI=1S/C18H18BrFN7O2/c19-13-9-12(5-6-14(13)20)24-18(25-28)15-17(27-29-26-15)23-8-7-10-1-3-11(4-2-10)16(21)22/h1-6,9,17,23,27H,7-8H2,(H4-,21,22,24,25,28)/q-1. The lowest BCUT2D eigenvalue weighted by atomic mass is 10.1. The molecule has 152 valence electrons. The van der Waals surface area contributed by atoms with E-state index < -0.39 is 12.0 Å². The van der Waals surface area contributed by atoms with E-state index in [2.05, 4.69) is 36.9 Å². The number of amidine groups is 2. The van der Waals surface area contributed by atoms with Crippen LogP contribution in [0.15, 0.2) is 57.1 Å². The molecule has 0 spiro atoms. The minimum atomic E-state index is -0.530. The molecule has 1 aliphatic heterocycles. The number of hydrogen-bond donors (Lipinski definition) is 5. The van der Waals surface area contributed by atoms with E-state index in [0.717, 1.165) is 5.56 Å². The Morgan fingerprint density at radius 2 is 2.10 bits per heavy atom. The third-order valence-electron chi connectivity index (χ3n) is 4.09. The highest BCUT2D eigenvalue weighted by Crippen LogP contribution is 2.22. The van der Waals surface area contributed by atoms with Crippen molar-refractivity contribution < 1.29 is 14.5 Å². The van der Waals surface area contributed by atoms with Gasteiger partial charge in [-0.2, -0.15) is 0 Å². The molecule has 0 amide bonds. The molecule has 2 aromatic carbocycles. The molecule has 0 radical (unpaired) electrons. The van der Waals surface area contributed by atoms with Crippen molar-refractivity contribution in [1.29, 1.82) is 5.41 Å². The second-order valence-corrected chi connectivity index (χ2v) is 6.92. The van der Waals surface area contributed by atoms with Crippen molar-refractivity contribution in [2.45, 2.75) is 12.6 Å². The molecule has 0 aromatic heterocycles. The molecule has 0 fully saturated rings. The summed E-state index contributed by atoms with van der Waals surface area (Å²) in [6, 6.07) is 11.4. The van der Waals surface area contributed by atoms with Crippen LogP contribution < -0.4 is 16.3 Å². The van der Waals surface area contributed by atoms with Crippen LogP contribution in [0, 0.1) is 11.2 Å². The summed E-state index contributed by atoms with van der Waals surface area (Å²) in [6.45, 7) is 0.554. The summed E-state index contributed by atoms with van der Waals surface area (Å²) in [5, 5.41) is 23.8. The van der Waals surface area contributed by atoms with Gasteiger partial charge in [-0.3, -0.25) is 20.9 Å². The van der Waals surface area contributed by atoms with Gasteiger partial charge < -0.3 is 11.1 Å². The Morgan fingerprint density at radius 3 is 2.76 bits per heavy atom. The van der Waals surface area contributed by atoms with Gasteiger partial charge in [-0.15, -0.1) is 5.48 Å². The van der Waals surface area contributed by atoms with Crippen LogP contribution in [0.4, 0.5) is 10.1 Å². The first-order valence-corrected chi connectivity index (χ1v) is 9.33. The molecule has 6 N–H and O–H groups in total. The van der Waals surface area contributed by atoms with E-state index in [9.17, 15) is 9.60 Å². The summed E-state index contributed by atoms with van der Waals surface area (Å²) >= 11 is 3.09. The number of hydroxylamine groups is 2.